The summed E-state index contributed by atoms with van der Waals surface area (Å²) < 4.78 is 45.1. The third-order valence-electron chi connectivity index (χ3n) is 3.41. The van der Waals surface area contributed by atoms with Gasteiger partial charge in [0.2, 0.25) is 5.91 Å². The summed E-state index contributed by atoms with van der Waals surface area (Å²) in [5.74, 6) is -2.89. The second kappa shape index (κ2) is 23.8. The summed E-state index contributed by atoms with van der Waals surface area (Å²) in [4.78, 5) is 53.3. The van der Waals surface area contributed by atoms with Crippen LogP contribution in [0, 0.1) is 0 Å². The first-order valence-corrected chi connectivity index (χ1v) is 12.6. The Labute approximate surface area is 247 Å². The summed E-state index contributed by atoms with van der Waals surface area (Å²) in [5.41, 5.74) is -0.781. The molecule has 1 amide bonds. The van der Waals surface area contributed by atoms with E-state index >= 15 is 0 Å². The number of esters is 3. The first kappa shape index (κ1) is 42.8. The number of rotatable bonds is 14. The number of carbonyl (C=O) groups excluding carboxylic acids is 5. The summed E-state index contributed by atoms with van der Waals surface area (Å²) in [6.45, 7) is 18.0. The number of unbranched alkanes of at least 4 members (excludes halogenated alkanes) is 1. The summed E-state index contributed by atoms with van der Waals surface area (Å²) in [7, 11) is -4.33. The van der Waals surface area contributed by atoms with Gasteiger partial charge in [0.05, 0.1) is 22.5 Å². The third kappa shape index (κ3) is 33.7. The van der Waals surface area contributed by atoms with E-state index in [0.717, 1.165) is 18.9 Å². The molecule has 38 heavy (non-hydrogen) atoms. The van der Waals surface area contributed by atoms with Crippen molar-refractivity contribution in [2.75, 3.05) is 25.6 Å². The number of amides is 1. The molecule has 0 aromatic heterocycles. The maximum atomic E-state index is 10.8. The van der Waals surface area contributed by atoms with Crippen LogP contribution < -0.4 is 34.9 Å². The van der Waals surface area contributed by atoms with Gasteiger partial charge in [-0.2, -0.15) is 0 Å². The van der Waals surface area contributed by atoms with Crippen molar-refractivity contribution < 1.29 is 80.7 Å². The molecule has 0 radical (unpaired) electrons. The average molecular weight is 572 g/mol. The summed E-state index contributed by atoms with van der Waals surface area (Å²) in [6, 6.07) is 0. The molecule has 0 rings (SSSR count). The third-order valence-corrected chi connectivity index (χ3v) is 4.49. The Balaban J connectivity index is -0.000000232. The van der Waals surface area contributed by atoms with Crippen molar-refractivity contribution in [3.8, 4) is 0 Å². The van der Waals surface area contributed by atoms with Crippen LogP contribution in [0.1, 0.15) is 53.9 Å². The maximum absolute atomic E-state index is 10.8. The van der Waals surface area contributed by atoms with Gasteiger partial charge < -0.3 is 24.1 Å². The zero-order valence-electron chi connectivity index (χ0n) is 23.1. The second-order valence-electron chi connectivity index (χ2n) is 8.02. The second-order valence-corrected chi connectivity index (χ2v) is 9.42. The normalized spacial score (nSPS) is 9.84. The van der Waals surface area contributed by atoms with Crippen molar-refractivity contribution in [3.63, 3.8) is 0 Å². The van der Waals surface area contributed by atoms with Crippen LogP contribution in [-0.4, -0.2) is 73.7 Å². The number of carbonyl (C=O) groups is 5. The summed E-state index contributed by atoms with van der Waals surface area (Å²) in [5, 5.41) is 2.33. The van der Waals surface area contributed by atoms with Crippen LogP contribution in [0.4, 0.5) is 0 Å². The molecule has 0 aliphatic rings. The molecule has 0 atom stereocenters. The van der Waals surface area contributed by atoms with Gasteiger partial charge in [-0.05, 0) is 40.2 Å². The largest absolute Gasteiger partial charge is 1.00 e. The van der Waals surface area contributed by atoms with Gasteiger partial charge in [-0.25, -0.2) is 18.0 Å². The number of nitrogens with one attached hydrogen (secondary N) is 1. The van der Waals surface area contributed by atoms with E-state index in [1.807, 2.05) is 6.92 Å². The molecule has 0 spiro atoms. The number of ketones is 1. The fourth-order valence-electron chi connectivity index (χ4n) is 1.91. The minimum absolute atomic E-state index is 0. The molecule has 0 bridgehead atoms. The van der Waals surface area contributed by atoms with Crippen LogP contribution >= 0.6 is 0 Å². The van der Waals surface area contributed by atoms with Gasteiger partial charge in [-0.1, -0.05) is 33.1 Å². The first-order valence-electron chi connectivity index (χ1n) is 11.1. The molecule has 0 aliphatic heterocycles. The van der Waals surface area contributed by atoms with Crippen LogP contribution in [0.15, 0.2) is 37.5 Å². The van der Waals surface area contributed by atoms with E-state index in [4.69, 9.17) is 0 Å². The number of ether oxygens (including phenoxy) is 3. The van der Waals surface area contributed by atoms with Gasteiger partial charge in [0.1, 0.15) is 25.4 Å². The van der Waals surface area contributed by atoms with Crippen molar-refractivity contribution in [3.05, 3.63) is 37.5 Å². The number of Topliss-reactive ketones (excluding diaryl/α,β-unsaturated/α-hetero) is 1. The Morgan fingerprint density at radius 2 is 1.47 bits per heavy atom. The average Bonchev–Trinajstić information content (AvgIpc) is 2.74. The fraction of sp³-hybridized carbons (Fsp3) is 0.542. The van der Waals surface area contributed by atoms with E-state index < -0.39 is 39.3 Å². The molecular weight excluding hydrogens is 533 g/mol. The minimum atomic E-state index is -4.33. The molecule has 212 valence electrons. The summed E-state index contributed by atoms with van der Waals surface area (Å²) in [6.07, 6.45) is 3.91. The molecule has 0 unspecified atom stereocenters. The fourth-order valence-corrected chi connectivity index (χ4v) is 2.86. The predicted octanol–water partition coefficient (Wildman–Crippen LogP) is -1.24. The number of hydrogen-bond acceptors (Lipinski definition) is 11. The van der Waals surface area contributed by atoms with Gasteiger partial charge in [0.25, 0.3) is 0 Å². The predicted molar refractivity (Wildman–Crippen MR) is 135 cm³/mol. The zero-order valence-corrected chi connectivity index (χ0v) is 25.9. The molecule has 14 heteroatoms. The van der Waals surface area contributed by atoms with Crippen LogP contribution in [0.2, 0.25) is 0 Å². The molecule has 0 aliphatic carbocycles. The van der Waals surface area contributed by atoms with Gasteiger partial charge in [-0.3, -0.25) is 14.4 Å². The van der Waals surface area contributed by atoms with E-state index in [9.17, 15) is 36.9 Å². The van der Waals surface area contributed by atoms with Crippen molar-refractivity contribution >= 4 is 39.7 Å². The maximum Gasteiger partial charge on any atom is 1.00 e. The SMILES string of the molecule is C=C(C)C(=O)OCCOC(=O)CC(C)=O.C=CC(=O)NC(C)(C)CS(=O)(=O)[O-].C=CC(=O)OCCCC.[Na+]. The van der Waals surface area contributed by atoms with Gasteiger partial charge in [0, 0.05) is 17.2 Å². The molecular formula is C24H38NNaO11S. The summed E-state index contributed by atoms with van der Waals surface area (Å²) >= 11 is 0. The Hall–Kier alpha value is -2.32. The van der Waals surface area contributed by atoms with Crippen molar-refractivity contribution in [2.24, 2.45) is 0 Å². The van der Waals surface area contributed by atoms with Gasteiger partial charge in [0.15, 0.2) is 0 Å². The van der Waals surface area contributed by atoms with E-state index in [-0.39, 0.29) is 66.5 Å². The standard InChI is InChI=1S/C10H14O5.C7H13NO4S.C7H12O2.Na/c1-7(2)10(13)15-5-4-14-9(12)6-8(3)11;1-4-6(9)8-7(2,3)5-13(10,11)12;1-3-5-6-9-7(8)4-2;/h1,4-6H2,2-3H3;4H,1,5H2,2-3H3,(H,8,9)(H,10,11,12);4H,2-3,5-6H2,1H3;/q;;;+1/p-1. The zero-order chi connectivity index (χ0) is 29.7. The monoisotopic (exact) mass is 571 g/mol. The smallest absolute Gasteiger partial charge is 0.748 e. The van der Waals surface area contributed by atoms with Crippen LogP contribution in [-0.2, 0) is 48.3 Å². The molecule has 0 saturated heterocycles. The van der Waals surface area contributed by atoms with E-state index in [2.05, 4.69) is 39.3 Å². The molecule has 1 N–H and O–H groups in total. The Morgan fingerprint density at radius 3 is 1.87 bits per heavy atom. The van der Waals surface area contributed by atoms with Crippen LogP contribution in [0.3, 0.4) is 0 Å². The van der Waals surface area contributed by atoms with Gasteiger partial charge in [-0.15, -0.1) is 0 Å². The molecule has 0 heterocycles. The van der Waals surface area contributed by atoms with Crippen LogP contribution in [0.25, 0.3) is 0 Å². The Morgan fingerprint density at radius 1 is 0.947 bits per heavy atom. The van der Waals surface area contributed by atoms with Crippen molar-refractivity contribution in [1.82, 2.24) is 5.32 Å². The molecule has 0 aromatic carbocycles. The topological polar surface area (TPSA) is 182 Å². The molecule has 0 saturated carbocycles. The first-order chi connectivity index (χ1) is 16.9. The van der Waals surface area contributed by atoms with Crippen molar-refractivity contribution in [2.45, 2.75) is 59.4 Å². The molecule has 12 nitrogen and oxygen atoms in total. The Kier molecular flexibility index (Phi) is 26.7. The van der Waals surface area contributed by atoms with Crippen LogP contribution in [0.5, 0.6) is 0 Å². The number of hydrogen-bond donors (Lipinski definition) is 1. The van der Waals surface area contributed by atoms with Gasteiger partial charge >= 0.3 is 47.5 Å². The van der Waals surface area contributed by atoms with E-state index in [1.54, 1.807) is 0 Å². The quantitative estimate of drug-likeness (QED) is 0.0501. The van der Waals surface area contributed by atoms with E-state index in [1.165, 1.54) is 33.8 Å². The molecule has 0 aromatic rings. The Bertz CT molecular complexity index is 912. The minimum Gasteiger partial charge on any atom is -0.748 e. The molecule has 0 fully saturated rings. The van der Waals surface area contributed by atoms with E-state index in [0.29, 0.717) is 6.61 Å². The van der Waals surface area contributed by atoms with Crippen molar-refractivity contribution in [1.29, 1.82) is 0 Å².